The molecule has 0 aliphatic carbocycles. The summed E-state index contributed by atoms with van der Waals surface area (Å²) in [6, 6.07) is 7.11. The Labute approximate surface area is 123 Å². The van der Waals surface area contributed by atoms with Gasteiger partial charge in [0, 0.05) is 26.2 Å². The van der Waals surface area contributed by atoms with Crippen molar-refractivity contribution in [1.29, 1.82) is 0 Å². The molecule has 0 saturated carbocycles. The molecule has 0 atom stereocenters. The number of carbonyl (C=O) groups is 1. The highest BCUT2D eigenvalue weighted by Crippen LogP contribution is 2.16. The molecule has 0 radical (unpaired) electrons. The van der Waals surface area contributed by atoms with Crippen LogP contribution in [-0.4, -0.2) is 49.0 Å². The summed E-state index contributed by atoms with van der Waals surface area (Å²) in [4.78, 5) is 20.8. The van der Waals surface area contributed by atoms with Gasteiger partial charge < -0.3 is 19.5 Å². The first kappa shape index (κ1) is 13.6. The summed E-state index contributed by atoms with van der Waals surface area (Å²) in [5.41, 5.74) is 0.661. The molecule has 1 amide bonds. The zero-order valence-electron chi connectivity index (χ0n) is 12.0. The van der Waals surface area contributed by atoms with Crippen molar-refractivity contribution < 1.29 is 9.21 Å². The highest BCUT2D eigenvalue weighted by Gasteiger charge is 2.15. The van der Waals surface area contributed by atoms with E-state index in [1.54, 1.807) is 18.3 Å². The maximum atomic E-state index is 11.8. The third kappa shape index (κ3) is 3.22. The lowest BCUT2D eigenvalue weighted by atomic mass is 10.3. The predicted octanol–water partition coefficient (Wildman–Crippen LogP) is 1.68. The van der Waals surface area contributed by atoms with Gasteiger partial charge >= 0.3 is 0 Å². The highest BCUT2D eigenvalue weighted by molar-refractivity contribution is 6.02. The first-order valence-corrected chi connectivity index (χ1v) is 6.97. The smallest absolute Gasteiger partial charge is 0.291 e. The van der Waals surface area contributed by atoms with E-state index < -0.39 is 0 Å². The number of carbonyl (C=O) groups excluding carboxylic acids is 1. The molecule has 1 N–H and O–H groups in total. The van der Waals surface area contributed by atoms with Crippen LogP contribution in [0.4, 0.5) is 11.5 Å². The van der Waals surface area contributed by atoms with Crippen LogP contribution in [0.25, 0.3) is 0 Å². The van der Waals surface area contributed by atoms with Crippen LogP contribution < -0.4 is 10.2 Å². The summed E-state index contributed by atoms with van der Waals surface area (Å²) in [5.74, 6) is 0.964. The van der Waals surface area contributed by atoms with Gasteiger partial charge in [0.15, 0.2) is 5.76 Å². The molecule has 0 spiro atoms. The molecule has 6 nitrogen and oxygen atoms in total. The monoisotopic (exact) mass is 286 g/mol. The van der Waals surface area contributed by atoms with Crippen molar-refractivity contribution in [3.05, 3.63) is 42.5 Å². The van der Waals surface area contributed by atoms with Gasteiger partial charge in [0.1, 0.15) is 5.82 Å². The number of piperazine rings is 1. The lowest BCUT2D eigenvalue weighted by Gasteiger charge is -2.33. The predicted molar refractivity (Wildman–Crippen MR) is 80.6 cm³/mol. The average molecular weight is 286 g/mol. The second-order valence-corrected chi connectivity index (χ2v) is 5.13. The summed E-state index contributed by atoms with van der Waals surface area (Å²) >= 11 is 0. The number of rotatable bonds is 3. The number of anilines is 2. The van der Waals surface area contributed by atoms with Gasteiger partial charge in [-0.15, -0.1) is 0 Å². The molecule has 0 bridgehead atoms. The Bertz CT molecular complexity index is 587. The van der Waals surface area contributed by atoms with Gasteiger partial charge in [-0.25, -0.2) is 4.98 Å². The molecule has 1 aliphatic heterocycles. The molecule has 1 aliphatic rings. The SMILES string of the molecule is CN1CCN(c2ccc(NC(=O)c3ccco3)cn2)CC1. The van der Waals surface area contributed by atoms with Crippen LogP contribution in [0.15, 0.2) is 41.1 Å². The molecule has 6 heteroatoms. The minimum Gasteiger partial charge on any atom is -0.459 e. The van der Waals surface area contributed by atoms with E-state index in [1.807, 2.05) is 12.1 Å². The number of amides is 1. The third-order valence-corrected chi connectivity index (χ3v) is 3.58. The lowest BCUT2D eigenvalue weighted by molar-refractivity contribution is 0.0996. The van der Waals surface area contributed by atoms with Crippen molar-refractivity contribution in [3.8, 4) is 0 Å². The molecule has 21 heavy (non-hydrogen) atoms. The molecular weight excluding hydrogens is 268 g/mol. The normalized spacial score (nSPS) is 16.0. The van der Waals surface area contributed by atoms with Crippen molar-refractivity contribution in [3.63, 3.8) is 0 Å². The Kier molecular flexibility index (Phi) is 3.87. The molecule has 2 aromatic heterocycles. The second kappa shape index (κ2) is 5.97. The van der Waals surface area contributed by atoms with Crippen LogP contribution in [-0.2, 0) is 0 Å². The van der Waals surface area contributed by atoms with Gasteiger partial charge in [-0.3, -0.25) is 4.79 Å². The van der Waals surface area contributed by atoms with Crippen molar-refractivity contribution in [1.82, 2.24) is 9.88 Å². The first-order chi connectivity index (χ1) is 10.2. The molecule has 3 heterocycles. The van der Waals surface area contributed by atoms with Crippen molar-refractivity contribution in [2.24, 2.45) is 0 Å². The van der Waals surface area contributed by atoms with E-state index in [2.05, 4.69) is 27.1 Å². The van der Waals surface area contributed by atoms with Gasteiger partial charge in [0.25, 0.3) is 5.91 Å². The average Bonchev–Trinajstić information content (AvgIpc) is 3.03. The Morgan fingerprint density at radius 1 is 1.24 bits per heavy atom. The lowest BCUT2D eigenvalue weighted by Crippen LogP contribution is -2.44. The molecule has 3 rings (SSSR count). The number of hydrogen-bond donors (Lipinski definition) is 1. The van der Waals surface area contributed by atoms with E-state index in [9.17, 15) is 4.79 Å². The molecule has 0 unspecified atom stereocenters. The number of nitrogens with one attached hydrogen (secondary N) is 1. The number of hydrogen-bond acceptors (Lipinski definition) is 5. The van der Waals surface area contributed by atoms with Crippen LogP contribution >= 0.6 is 0 Å². The van der Waals surface area contributed by atoms with Crippen LogP contribution in [0.5, 0.6) is 0 Å². The Morgan fingerprint density at radius 2 is 2.05 bits per heavy atom. The van der Waals surface area contributed by atoms with Crippen molar-refractivity contribution in [2.45, 2.75) is 0 Å². The number of aromatic nitrogens is 1. The molecule has 0 aromatic carbocycles. The largest absolute Gasteiger partial charge is 0.459 e. The number of furan rings is 1. The van der Waals surface area contributed by atoms with Crippen molar-refractivity contribution >= 4 is 17.4 Å². The first-order valence-electron chi connectivity index (χ1n) is 6.97. The van der Waals surface area contributed by atoms with E-state index in [0.717, 1.165) is 32.0 Å². The number of pyridine rings is 1. The van der Waals surface area contributed by atoms with E-state index in [4.69, 9.17) is 4.42 Å². The Balaban J connectivity index is 1.63. The summed E-state index contributed by atoms with van der Waals surface area (Å²) in [5, 5.41) is 2.76. The number of likely N-dealkylation sites (N-methyl/N-ethyl adjacent to an activating group) is 1. The van der Waals surface area contributed by atoms with E-state index in [-0.39, 0.29) is 11.7 Å². The van der Waals surface area contributed by atoms with Crippen LogP contribution in [0.2, 0.25) is 0 Å². The van der Waals surface area contributed by atoms with E-state index in [0.29, 0.717) is 5.69 Å². The minimum atomic E-state index is -0.269. The summed E-state index contributed by atoms with van der Waals surface area (Å²) < 4.78 is 5.05. The molecule has 2 aromatic rings. The summed E-state index contributed by atoms with van der Waals surface area (Å²) in [7, 11) is 2.12. The molecule has 1 saturated heterocycles. The Hall–Kier alpha value is -2.34. The van der Waals surface area contributed by atoms with Crippen molar-refractivity contribution in [2.75, 3.05) is 43.4 Å². The third-order valence-electron chi connectivity index (χ3n) is 3.58. The van der Waals surface area contributed by atoms with Crippen LogP contribution in [0.1, 0.15) is 10.6 Å². The second-order valence-electron chi connectivity index (χ2n) is 5.13. The van der Waals surface area contributed by atoms with Gasteiger partial charge in [0.2, 0.25) is 0 Å². The zero-order valence-corrected chi connectivity index (χ0v) is 12.0. The van der Waals surface area contributed by atoms with Gasteiger partial charge in [0.05, 0.1) is 18.1 Å². The Morgan fingerprint density at radius 3 is 2.67 bits per heavy atom. The molecule has 1 fully saturated rings. The quantitative estimate of drug-likeness (QED) is 0.930. The fraction of sp³-hybridized carbons (Fsp3) is 0.333. The molecule has 110 valence electrons. The van der Waals surface area contributed by atoms with Crippen LogP contribution in [0.3, 0.4) is 0 Å². The standard InChI is InChI=1S/C15H18N4O2/c1-18-6-8-19(9-7-18)14-5-4-12(11-16-14)17-15(20)13-3-2-10-21-13/h2-5,10-11H,6-9H2,1H3,(H,17,20). The summed E-state index contributed by atoms with van der Waals surface area (Å²) in [6.07, 6.45) is 3.15. The van der Waals surface area contributed by atoms with Crippen LogP contribution in [0, 0.1) is 0 Å². The van der Waals surface area contributed by atoms with E-state index >= 15 is 0 Å². The fourth-order valence-electron chi connectivity index (χ4n) is 2.28. The fourth-order valence-corrected chi connectivity index (χ4v) is 2.28. The molecular formula is C15H18N4O2. The zero-order chi connectivity index (χ0) is 14.7. The maximum absolute atomic E-state index is 11.8. The minimum absolute atomic E-state index is 0.269. The topological polar surface area (TPSA) is 61.6 Å². The summed E-state index contributed by atoms with van der Waals surface area (Å²) in [6.45, 7) is 4.03. The van der Waals surface area contributed by atoms with Gasteiger partial charge in [-0.1, -0.05) is 0 Å². The maximum Gasteiger partial charge on any atom is 0.291 e. The van der Waals surface area contributed by atoms with Gasteiger partial charge in [-0.2, -0.15) is 0 Å². The van der Waals surface area contributed by atoms with E-state index in [1.165, 1.54) is 6.26 Å². The highest BCUT2D eigenvalue weighted by atomic mass is 16.3. The number of nitrogens with zero attached hydrogens (tertiary/aromatic N) is 3. The van der Waals surface area contributed by atoms with Gasteiger partial charge in [-0.05, 0) is 31.3 Å².